The van der Waals surface area contributed by atoms with Gasteiger partial charge in [-0.3, -0.25) is 19.0 Å². The Morgan fingerprint density at radius 2 is 2.04 bits per heavy atom. The van der Waals surface area contributed by atoms with E-state index in [1.54, 1.807) is 20.3 Å². The molecule has 3 rings (SSSR count). The third-order valence-electron chi connectivity index (χ3n) is 4.83. The maximum Gasteiger partial charge on any atom is 0.225 e. The van der Waals surface area contributed by atoms with Crippen molar-refractivity contribution in [2.45, 2.75) is 53.2 Å². The fourth-order valence-corrected chi connectivity index (χ4v) is 3.60. The predicted molar refractivity (Wildman–Crippen MR) is 93.4 cm³/mol. The highest BCUT2D eigenvalue weighted by atomic mass is 16.2. The average Bonchev–Trinajstić information content (AvgIpc) is 3.13. The second kappa shape index (κ2) is 6.75. The molecule has 1 aliphatic heterocycles. The highest BCUT2D eigenvalue weighted by Crippen LogP contribution is 2.22. The molecule has 2 aromatic heterocycles. The van der Waals surface area contributed by atoms with Crippen LogP contribution < -0.4 is 0 Å². The van der Waals surface area contributed by atoms with Crippen LogP contribution in [0.4, 0.5) is 0 Å². The van der Waals surface area contributed by atoms with Crippen LogP contribution in [0, 0.1) is 25.2 Å². The van der Waals surface area contributed by atoms with Crippen molar-refractivity contribution >= 4 is 11.7 Å². The minimum Gasteiger partial charge on any atom is -0.335 e. The van der Waals surface area contributed by atoms with Gasteiger partial charge in [-0.25, -0.2) is 0 Å². The number of ketones is 1. The van der Waals surface area contributed by atoms with Gasteiger partial charge in [-0.2, -0.15) is 15.5 Å². The van der Waals surface area contributed by atoms with Gasteiger partial charge in [-0.05, 0) is 33.8 Å². The summed E-state index contributed by atoms with van der Waals surface area (Å²) in [5, 5.41) is 17.6. The minimum absolute atomic E-state index is 0.0117. The second-order valence-electron chi connectivity index (χ2n) is 6.77. The van der Waals surface area contributed by atoms with Gasteiger partial charge in [0.1, 0.15) is 6.07 Å². The Morgan fingerprint density at radius 1 is 1.31 bits per heavy atom. The summed E-state index contributed by atoms with van der Waals surface area (Å²) in [7, 11) is 0. The largest absolute Gasteiger partial charge is 0.335 e. The van der Waals surface area contributed by atoms with Crippen LogP contribution in [0.5, 0.6) is 0 Å². The molecular weight excluding hydrogens is 332 g/mol. The van der Waals surface area contributed by atoms with Crippen molar-refractivity contribution in [2.24, 2.45) is 0 Å². The van der Waals surface area contributed by atoms with E-state index >= 15 is 0 Å². The van der Waals surface area contributed by atoms with Gasteiger partial charge in [0.15, 0.2) is 11.5 Å². The maximum atomic E-state index is 12.7. The quantitative estimate of drug-likeness (QED) is 0.780. The maximum absolute atomic E-state index is 12.7. The molecule has 0 bridgehead atoms. The molecule has 26 heavy (non-hydrogen) atoms. The Bertz CT molecular complexity index is 917. The molecule has 0 saturated heterocycles. The van der Waals surface area contributed by atoms with Gasteiger partial charge in [-0.1, -0.05) is 0 Å². The average molecular weight is 354 g/mol. The van der Waals surface area contributed by atoms with Crippen molar-refractivity contribution in [2.75, 3.05) is 6.54 Å². The first-order valence-electron chi connectivity index (χ1n) is 8.63. The van der Waals surface area contributed by atoms with E-state index in [0.29, 0.717) is 43.0 Å². The van der Waals surface area contributed by atoms with E-state index in [-0.39, 0.29) is 17.7 Å². The van der Waals surface area contributed by atoms with Crippen molar-refractivity contribution in [3.8, 4) is 6.07 Å². The number of nitrogens with zero attached hydrogens (tertiary/aromatic N) is 6. The fourth-order valence-electron chi connectivity index (χ4n) is 3.60. The number of rotatable bonds is 4. The number of aryl methyl sites for hydroxylation is 1. The standard InChI is InChI=1S/C18H22N6O2/c1-11(24-13(3)18(14(4)25)12(2)20-24)7-17(26)22-5-6-23-16(10-22)8-15(9-19)21-23/h8,11H,5-7,10H2,1-4H3/t11-/m0/s1. The number of fused-ring (bicyclic) bond motifs is 1. The summed E-state index contributed by atoms with van der Waals surface area (Å²) in [5.41, 5.74) is 3.38. The summed E-state index contributed by atoms with van der Waals surface area (Å²) in [6.45, 7) is 8.75. The van der Waals surface area contributed by atoms with Gasteiger partial charge in [-0.15, -0.1) is 0 Å². The Kier molecular flexibility index (Phi) is 4.64. The van der Waals surface area contributed by atoms with Crippen LogP contribution in [0.2, 0.25) is 0 Å². The number of hydrogen-bond donors (Lipinski definition) is 0. The van der Waals surface area contributed by atoms with E-state index in [0.717, 1.165) is 11.4 Å². The normalized spacial score (nSPS) is 14.7. The molecule has 3 heterocycles. The van der Waals surface area contributed by atoms with E-state index in [4.69, 9.17) is 5.26 Å². The van der Waals surface area contributed by atoms with Gasteiger partial charge in [0.2, 0.25) is 5.91 Å². The topological polar surface area (TPSA) is 96.8 Å². The van der Waals surface area contributed by atoms with Gasteiger partial charge < -0.3 is 4.90 Å². The molecule has 0 aromatic carbocycles. The first kappa shape index (κ1) is 17.9. The number of amides is 1. The van der Waals surface area contributed by atoms with E-state index in [9.17, 15) is 9.59 Å². The van der Waals surface area contributed by atoms with Gasteiger partial charge in [0.25, 0.3) is 0 Å². The molecule has 136 valence electrons. The predicted octanol–water partition coefficient (Wildman–Crippen LogP) is 1.76. The molecule has 0 radical (unpaired) electrons. The summed E-state index contributed by atoms with van der Waals surface area (Å²) in [5.74, 6) is 0.0164. The number of hydrogen-bond acceptors (Lipinski definition) is 5. The van der Waals surface area contributed by atoms with Gasteiger partial charge in [0, 0.05) is 18.7 Å². The molecule has 0 N–H and O–H groups in total. The summed E-state index contributed by atoms with van der Waals surface area (Å²) in [6, 6.07) is 3.61. The van der Waals surface area contributed by atoms with Gasteiger partial charge >= 0.3 is 0 Å². The Hall–Kier alpha value is -2.95. The molecular formula is C18H22N6O2. The third-order valence-corrected chi connectivity index (χ3v) is 4.83. The Labute approximate surface area is 152 Å². The van der Waals surface area contributed by atoms with Crippen molar-refractivity contribution in [1.82, 2.24) is 24.5 Å². The van der Waals surface area contributed by atoms with Crippen LogP contribution >= 0.6 is 0 Å². The molecule has 0 spiro atoms. The van der Waals surface area contributed by atoms with Gasteiger partial charge in [0.05, 0.1) is 36.1 Å². The lowest BCUT2D eigenvalue weighted by atomic mass is 10.1. The zero-order valence-corrected chi connectivity index (χ0v) is 15.5. The Balaban J connectivity index is 1.72. The minimum atomic E-state index is -0.143. The summed E-state index contributed by atoms with van der Waals surface area (Å²) < 4.78 is 3.55. The highest BCUT2D eigenvalue weighted by molar-refractivity contribution is 5.96. The zero-order valence-electron chi connectivity index (χ0n) is 15.5. The van der Waals surface area contributed by atoms with Crippen molar-refractivity contribution in [1.29, 1.82) is 5.26 Å². The van der Waals surface area contributed by atoms with E-state index in [1.165, 1.54) is 6.92 Å². The number of Topliss-reactive ketones (excluding diaryl/α,β-unsaturated/α-hetero) is 1. The molecule has 0 aliphatic carbocycles. The molecule has 1 aliphatic rings. The van der Waals surface area contributed by atoms with Crippen LogP contribution in [0.25, 0.3) is 0 Å². The molecule has 1 amide bonds. The van der Waals surface area contributed by atoms with Crippen LogP contribution in [-0.4, -0.2) is 42.7 Å². The number of nitriles is 1. The molecule has 8 heteroatoms. The van der Waals surface area contributed by atoms with Crippen molar-refractivity contribution < 1.29 is 9.59 Å². The second-order valence-corrected chi connectivity index (χ2v) is 6.77. The van der Waals surface area contributed by atoms with E-state index < -0.39 is 0 Å². The van der Waals surface area contributed by atoms with Crippen molar-refractivity contribution in [3.63, 3.8) is 0 Å². The molecule has 0 unspecified atom stereocenters. The molecule has 2 aromatic rings. The molecule has 8 nitrogen and oxygen atoms in total. The summed E-state index contributed by atoms with van der Waals surface area (Å²) in [4.78, 5) is 26.3. The highest BCUT2D eigenvalue weighted by Gasteiger charge is 2.25. The van der Waals surface area contributed by atoms with Crippen LogP contribution in [-0.2, 0) is 17.9 Å². The van der Waals surface area contributed by atoms with Crippen molar-refractivity contribution in [3.05, 3.63) is 34.4 Å². The zero-order chi connectivity index (χ0) is 19.0. The fraction of sp³-hybridized carbons (Fsp3) is 0.500. The Morgan fingerprint density at radius 3 is 2.65 bits per heavy atom. The SMILES string of the molecule is CC(=O)c1c(C)nn([C@@H](C)CC(=O)N2CCn3nc(C#N)cc3C2)c1C. The van der Waals surface area contributed by atoms with Crippen LogP contribution in [0.1, 0.15) is 59.4 Å². The van der Waals surface area contributed by atoms with Crippen LogP contribution in [0.15, 0.2) is 6.07 Å². The molecule has 1 atom stereocenters. The smallest absolute Gasteiger partial charge is 0.225 e. The third kappa shape index (κ3) is 3.12. The van der Waals surface area contributed by atoms with E-state index in [2.05, 4.69) is 10.2 Å². The summed E-state index contributed by atoms with van der Waals surface area (Å²) >= 11 is 0. The number of aromatic nitrogens is 4. The van der Waals surface area contributed by atoms with Crippen LogP contribution in [0.3, 0.4) is 0 Å². The number of carbonyl (C=O) groups is 2. The lowest BCUT2D eigenvalue weighted by Crippen LogP contribution is -2.39. The first-order valence-corrected chi connectivity index (χ1v) is 8.63. The monoisotopic (exact) mass is 354 g/mol. The lowest BCUT2D eigenvalue weighted by molar-refractivity contribution is -0.133. The summed E-state index contributed by atoms with van der Waals surface area (Å²) in [6.07, 6.45) is 0.304. The van der Waals surface area contributed by atoms with E-state index in [1.807, 2.05) is 26.8 Å². The molecule has 0 saturated carbocycles. The lowest BCUT2D eigenvalue weighted by Gasteiger charge is -2.28. The first-order chi connectivity index (χ1) is 12.3. The molecule has 0 fully saturated rings. The number of carbonyl (C=O) groups excluding carboxylic acids is 2.